The molecule has 0 radical (unpaired) electrons. The van der Waals surface area contributed by atoms with Crippen LogP contribution >= 0.6 is 11.6 Å². The van der Waals surface area contributed by atoms with Crippen LogP contribution in [0.4, 0.5) is 0 Å². The van der Waals surface area contributed by atoms with Crippen molar-refractivity contribution in [1.29, 1.82) is 0 Å². The molecule has 1 N–H and O–H groups in total. The quantitative estimate of drug-likeness (QED) is 0.573. The summed E-state index contributed by atoms with van der Waals surface area (Å²) in [4.78, 5) is 0. The summed E-state index contributed by atoms with van der Waals surface area (Å²) in [5, 5.41) is 0.547. The molecule has 0 saturated carbocycles. The van der Waals surface area contributed by atoms with Crippen molar-refractivity contribution in [3.05, 3.63) is 22.7 Å². The first-order valence-corrected chi connectivity index (χ1v) is 8.74. The molecule has 1 aromatic carbocycles. The third-order valence-electron chi connectivity index (χ3n) is 3.28. The lowest BCUT2D eigenvalue weighted by Crippen LogP contribution is -2.40. The Hall–Kier alpha value is -1.02. The third-order valence-corrected chi connectivity index (χ3v) is 4.31. The second-order valence-electron chi connectivity index (χ2n) is 5.76. The first-order chi connectivity index (χ1) is 10.1. The summed E-state index contributed by atoms with van der Waals surface area (Å²) >= 11 is 6.10. The van der Waals surface area contributed by atoms with Gasteiger partial charge in [-0.2, -0.15) is 8.42 Å². The Labute approximate surface area is 136 Å². The molecule has 0 aromatic heterocycles. The highest BCUT2D eigenvalue weighted by atomic mass is 35.5. The van der Waals surface area contributed by atoms with Gasteiger partial charge in [0.1, 0.15) is 6.54 Å². The summed E-state index contributed by atoms with van der Waals surface area (Å²) in [6.45, 7) is 1.17. The fourth-order valence-electron chi connectivity index (χ4n) is 2.34. The van der Waals surface area contributed by atoms with Crippen molar-refractivity contribution in [3.8, 4) is 11.5 Å². The highest BCUT2D eigenvalue weighted by Gasteiger charge is 2.22. The molecule has 1 aromatic rings. The summed E-state index contributed by atoms with van der Waals surface area (Å²) in [5.41, 5.74) is 0.878. The van der Waals surface area contributed by atoms with Crippen molar-refractivity contribution in [2.24, 2.45) is 0 Å². The number of halogens is 1. The van der Waals surface area contributed by atoms with Gasteiger partial charge >= 0.3 is 0 Å². The van der Waals surface area contributed by atoms with Crippen LogP contribution in [0.25, 0.3) is 0 Å². The molecule has 0 unspecified atom stereocenters. The molecule has 0 bridgehead atoms. The SMILES string of the molecule is COc1cc(Cl)cc(C[N+](C)(C)CCCS(=O)(=O)O)c1OC. The Kier molecular flexibility index (Phi) is 6.49. The molecule has 0 amide bonds. The number of ether oxygens (including phenoxy) is 2. The van der Waals surface area contributed by atoms with Gasteiger partial charge < -0.3 is 14.0 Å². The maximum atomic E-state index is 10.8. The predicted octanol–water partition coefficient (Wildman–Crippen LogP) is 2.21. The Balaban J connectivity index is 2.90. The Morgan fingerprint density at radius 3 is 2.36 bits per heavy atom. The topological polar surface area (TPSA) is 72.8 Å². The fourth-order valence-corrected chi connectivity index (χ4v) is 3.06. The molecule has 0 spiro atoms. The number of rotatable bonds is 8. The molecule has 0 heterocycles. The highest BCUT2D eigenvalue weighted by Crippen LogP contribution is 2.35. The van der Waals surface area contributed by atoms with Crippen LogP contribution in [0, 0.1) is 0 Å². The maximum Gasteiger partial charge on any atom is 0.265 e. The molecule has 8 heteroatoms. The van der Waals surface area contributed by atoms with Crippen molar-refractivity contribution in [1.82, 2.24) is 0 Å². The van der Waals surface area contributed by atoms with E-state index in [1.807, 2.05) is 20.2 Å². The van der Waals surface area contributed by atoms with Gasteiger partial charge in [-0.05, 0) is 6.07 Å². The van der Waals surface area contributed by atoms with E-state index >= 15 is 0 Å². The molecule has 0 atom stereocenters. The minimum absolute atomic E-state index is 0.245. The maximum absolute atomic E-state index is 10.8. The Morgan fingerprint density at radius 2 is 1.86 bits per heavy atom. The van der Waals surface area contributed by atoms with Crippen LogP contribution in [-0.4, -0.2) is 58.1 Å². The number of hydrogen-bond donors (Lipinski definition) is 1. The lowest BCUT2D eigenvalue weighted by molar-refractivity contribution is -0.903. The van der Waals surface area contributed by atoms with Gasteiger partial charge in [-0.1, -0.05) is 11.6 Å². The second kappa shape index (κ2) is 7.50. The van der Waals surface area contributed by atoms with Gasteiger partial charge in [0.2, 0.25) is 0 Å². The van der Waals surface area contributed by atoms with Crippen LogP contribution in [0.15, 0.2) is 12.1 Å². The van der Waals surface area contributed by atoms with Crippen LogP contribution < -0.4 is 9.47 Å². The number of methoxy groups -OCH3 is 2. The standard InChI is InChI=1S/C14H22ClNO5S/c1-16(2,6-5-7-22(17,18)19)10-11-8-12(15)9-13(20-3)14(11)21-4/h8-9H,5-7,10H2,1-4H3/p+1. The smallest absolute Gasteiger partial charge is 0.265 e. The summed E-state index contributed by atoms with van der Waals surface area (Å²) in [5.74, 6) is 0.931. The molecule has 1 rings (SSSR count). The van der Waals surface area contributed by atoms with Crippen LogP contribution in [0.2, 0.25) is 5.02 Å². The molecule has 0 aliphatic carbocycles. The summed E-state index contributed by atoms with van der Waals surface area (Å²) in [6.07, 6.45) is 0.367. The second-order valence-corrected chi connectivity index (χ2v) is 7.77. The molecule has 6 nitrogen and oxygen atoms in total. The Morgan fingerprint density at radius 1 is 1.23 bits per heavy atom. The fraction of sp³-hybridized carbons (Fsp3) is 0.571. The predicted molar refractivity (Wildman–Crippen MR) is 86.3 cm³/mol. The van der Waals surface area contributed by atoms with E-state index in [0.29, 0.717) is 40.5 Å². The molecule has 0 aliphatic heterocycles. The zero-order chi connectivity index (χ0) is 17.0. The van der Waals surface area contributed by atoms with Gasteiger partial charge in [0.25, 0.3) is 10.1 Å². The van der Waals surface area contributed by atoms with E-state index < -0.39 is 10.1 Å². The molecule has 126 valence electrons. The zero-order valence-electron chi connectivity index (χ0n) is 13.3. The molecule has 0 fully saturated rings. The van der Waals surface area contributed by atoms with E-state index in [1.165, 1.54) is 0 Å². The van der Waals surface area contributed by atoms with Crippen LogP contribution in [0.1, 0.15) is 12.0 Å². The zero-order valence-corrected chi connectivity index (χ0v) is 14.9. The minimum Gasteiger partial charge on any atom is -0.493 e. The number of nitrogens with zero attached hydrogens (tertiary/aromatic N) is 1. The van der Waals surface area contributed by atoms with Gasteiger partial charge in [0.15, 0.2) is 11.5 Å². The van der Waals surface area contributed by atoms with E-state index in [9.17, 15) is 8.42 Å². The monoisotopic (exact) mass is 352 g/mol. The molecule has 0 saturated heterocycles. The summed E-state index contributed by atoms with van der Waals surface area (Å²) in [6, 6.07) is 3.49. The van der Waals surface area contributed by atoms with Crippen molar-refractivity contribution in [2.45, 2.75) is 13.0 Å². The van der Waals surface area contributed by atoms with Gasteiger partial charge in [-0.15, -0.1) is 0 Å². The lowest BCUT2D eigenvalue weighted by atomic mass is 10.1. The Bertz CT molecular complexity index is 616. The molecule has 0 aliphatic rings. The van der Waals surface area contributed by atoms with E-state index in [2.05, 4.69) is 0 Å². The molecule has 22 heavy (non-hydrogen) atoms. The number of quaternary nitrogens is 1. The van der Waals surface area contributed by atoms with Gasteiger partial charge in [0.05, 0.1) is 46.2 Å². The first kappa shape index (κ1) is 19.0. The van der Waals surface area contributed by atoms with E-state index in [1.54, 1.807) is 20.3 Å². The van der Waals surface area contributed by atoms with Crippen molar-refractivity contribution in [2.75, 3.05) is 40.6 Å². The van der Waals surface area contributed by atoms with Crippen molar-refractivity contribution in [3.63, 3.8) is 0 Å². The van der Waals surface area contributed by atoms with Gasteiger partial charge in [0, 0.05) is 17.5 Å². The normalized spacial score (nSPS) is 12.3. The van der Waals surface area contributed by atoms with E-state index in [4.69, 9.17) is 25.6 Å². The average Bonchev–Trinajstić information content (AvgIpc) is 2.35. The number of benzene rings is 1. The van der Waals surface area contributed by atoms with E-state index in [0.717, 1.165) is 5.56 Å². The average molecular weight is 353 g/mol. The van der Waals surface area contributed by atoms with Crippen molar-refractivity contribution < 1.29 is 26.9 Å². The van der Waals surface area contributed by atoms with E-state index in [-0.39, 0.29) is 5.75 Å². The van der Waals surface area contributed by atoms with Crippen LogP contribution in [0.5, 0.6) is 11.5 Å². The molecular formula is C14H23ClNO5S+. The van der Waals surface area contributed by atoms with Gasteiger partial charge in [-0.25, -0.2) is 0 Å². The summed E-state index contributed by atoms with van der Waals surface area (Å²) < 4.78 is 41.6. The van der Waals surface area contributed by atoms with Crippen LogP contribution in [0.3, 0.4) is 0 Å². The van der Waals surface area contributed by atoms with Crippen LogP contribution in [-0.2, 0) is 16.7 Å². The van der Waals surface area contributed by atoms with Gasteiger partial charge in [-0.3, -0.25) is 4.55 Å². The third kappa shape index (κ3) is 6.00. The minimum atomic E-state index is -3.93. The highest BCUT2D eigenvalue weighted by molar-refractivity contribution is 7.85. The number of hydrogen-bond acceptors (Lipinski definition) is 4. The van der Waals surface area contributed by atoms with Crippen molar-refractivity contribution >= 4 is 21.7 Å². The first-order valence-electron chi connectivity index (χ1n) is 6.75. The lowest BCUT2D eigenvalue weighted by Gasteiger charge is -2.30. The largest absolute Gasteiger partial charge is 0.493 e. The summed E-state index contributed by atoms with van der Waals surface area (Å²) in [7, 11) is 3.12. The molecular weight excluding hydrogens is 330 g/mol.